The lowest BCUT2D eigenvalue weighted by Crippen LogP contribution is -2.27. The third-order valence-corrected chi connectivity index (χ3v) is 2.78. The quantitative estimate of drug-likeness (QED) is 0.423. The number of hydrogen-bond acceptors (Lipinski definition) is 4. The van der Waals surface area contributed by atoms with E-state index in [-0.39, 0.29) is 27.0 Å². The Hall–Kier alpha value is -0.970. The van der Waals surface area contributed by atoms with Gasteiger partial charge in [-0.25, -0.2) is 0 Å². The predicted octanol–water partition coefficient (Wildman–Crippen LogP) is 1.81. The minimum atomic E-state index is -0.721. The van der Waals surface area contributed by atoms with Crippen LogP contribution in [0.3, 0.4) is 0 Å². The van der Waals surface area contributed by atoms with E-state index in [1.165, 1.54) is 6.92 Å². The summed E-state index contributed by atoms with van der Waals surface area (Å²) in [5.74, 6) is -0.689. The molecule has 1 atom stereocenters. The van der Waals surface area contributed by atoms with Crippen LogP contribution < -0.4 is 11.5 Å². The first-order chi connectivity index (χ1) is 6.86. The zero-order chi connectivity index (χ0) is 11.7. The molecule has 1 aromatic carbocycles. The minimum absolute atomic E-state index is 0.00858. The number of anilines is 1. The van der Waals surface area contributed by atoms with Gasteiger partial charge in [-0.2, -0.15) is 0 Å². The van der Waals surface area contributed by atoms with Crippen LogP contribution in [-0.2, 0) is 0 Å². The van der Waals surface area contributed by atoms with Crippen molar-refractivity contribution in [3.63, 3.8) is 0 Å². The van der Waals surface area contributed by atoms with Gasteiger partial charge in [-0.05, 0) is 13.0 Å². The van der Waals surface area contributed by atoms with E-state index < -0.39 is 11.8 Å². The molecule has 6 heteroatoms. The van der Waals surface area contributed by atoms with Gasteiger partial charge in [0.2, 0.25) is 0 Å². The lowest BCUT2D eigenvalue weighted by atomic mass is 10.0. The Kier molecular flexibility index (Phi) is 3.44. The second kappa shape index (κ2) is 4.26. The van der Waals surface area contributed by atoms with E-state index in [2.05, 4.69) is 0 Å². The highest BCUT2D eigenvalue weighted by Gasteiger charge is 2.20. The first-order valence-electron chi connectivity index (χ1n) is 4.12. The molecule has 0 fully saturated rings. The van der Waals surface area contributed by atoms with Gasteiger partial charge in [0.05, 0.1) is 21.8 Å². The van der Waals surface area contributed by atoms with Crippen LogP contribution in [0.25, 0.3) is 0 Å². The van der Waals surface area contributed by atoms with Crippen molar-refractivity contribution >= 4 is 34.7 Å². The zero-order valence-electron chi connectivity index (χ0n) is 7.92. The molecule has 0 saturated heterocycles. The molecule has 4 nitrogen and oxygen atoms in total. The monoisotopic (exact) mass is 248 g/mol. The molecule has 0 unspecified atom stereocenters. The van der Waals surface area contributed by atoms with Crippen molar-refractivity contribution in [2.45, 2.75) is 13.0 Å². The molecule has 0 saturated carbocycles. The summed E-state index contributed by atoms with van der Waals surface area (Å²) in [4.78, 5) is 11.6. The topological polar surface area (TPSA) is 89.3 Å². The number of rotatable bonds is 2. The number of aromatic hydroxyl groups is 1. The lowest BCUT2D eigenvalue weighted by Gasteiger charge is -2.10. The Balaban J connectivity index is 3.39. The number of Topliss-reactive ketones (excluding diaryl/α,β-unsaturated/α-hetero) is 1. The lowest BCUT2D eigenvalue weighted by molar-refractivity contribution is 0.0968. The second-order valence-corrected chi connectivity index (χ2v) is 3.89. The molecule has 0 heterocycles. The summed E-state index contributed by atoms with van der Waals surface area (Å²) in [6.07, 6.45) is 0. The average molecular weight is 249 g/mol. The van der Waals surface area contributed by atoms with E-state index >= 15 is 0 Å². The van der Waals surface area contributed by atoms with Gasteiger partial charge in [-0.3, -0.25) is 4.79 Å². The Morgan fingerprint density at radius 2 is 2.00 bits per heavy atom. The van der Waals surface area contributed by atoms with Gasteiger partial charge in [-0.15, -0.1) is 0 Å². The number of halogens is 2. The van der Waals surface area contributed by atoms with Gasteiger partial charge in [-0.1, -0.05) is 23.2 Å². The molecule has 15 heavy (non-hydrogen) atoms. The normalized spacial score (nSPS) is 12.5. The molecule has 0 aliphatic heterocycles. The van der Waals surface area contributed by atoms with Crippen molar-refractivity contribution in [3.8, 4) is 5.75 Å². The Morgan fingerprint density at radius 1 is 1.47 bits per heavy atom. The van der Waals surface area contributed by atoms with Crippen LogP contribution in [0.1, 0.15) is 17.3 Å². The van der Waals surface area contributed by atoms with Gasteiger partial charge in [0, 0.05) is 5.56 Å². The predicted molar refractivity (Wildman–Crippen MR) is 60.5 cm³/mol. The number of benzene rings is 1. The fourth-order valence-electron chi connectivity index (χ4n) is 1.05. The van der Waals surface area contributed by atoms with Crippen LogP contribution in [0.4, 0.5) is 5.69 Å². The summed E-state index contributed by atoms with van der Waals surface area (Å²) in [6, 6.07) is 0.441. The van der Waals surface area contributed by atoms with E-state index in [0.29, 0.717) is 0 Å². The SMILES string of the molecule is C[C@H](N)C(=O)c1cc(O)c(N)c(Cl)c1Cl. The number of carbonyl (C=O) groups excluding carboxylic acids is 1. The van der Waals surface area contributed by atoms with Crippen molar-refractivity contribution in [1.29, 1.82) is 0 Å². The minimum Gasteiger partial charge on any atom is -0.506 e. The molecule has 0 aromatic heterocycles. The van der Waals surface area contributed by atoms with E-state index in [0.717, 1.165) is 6.07 Å². The summed E-state index contributed by atoms with van der Waals surface area (Å²) < 4.78 is 0. The number of phenolic OH excluding ortho intramolecular Hbond substituents is 1. The van der Waals surface area contributed by atoms with Crippen LogP contribution in [0.5, 0.6) is 5.75 Å². The van der Waals surface area contributed by atoms with Crippen LogP contribution >= 0.6 is 23.2 Å². The summed E-state index contributed by atoms with van der Waals surface area (Å²) in [7, 11) is 0. The maximum absolute atomic E-state index is 11.6. The third kappa shape index (κ3) is 2.17. The number of nitrogens with two attached hydrogens (primary N) is 2. The molecular formula is C9H10Cl2N2O2. The molecule has 1 aromatic rings. The smallest absolute Gasteiger partial charge is 0.180 e. The van der Waals surface area contributed by atoms with E-state index in [1.807, 2.05) is 0 Å². The molecule has 1 rings (SSSR count). The van der Waals surface area contributed by atoms with Gasteiger partial charge < -0.3 is 16.6 Å². The standard InChI is InChI=1S/C9H10Cl2N2O2/c1-3(12)9(15)4-2-5(14)8(13)7(11)6(4)10/h2-3,14H,12-13H2,1H3/t3-/m0/s1. The number of ketones is 1. The summed E-state index contributed by atoms with van der Waals surface area (Å²) >= 11 is 11.5. The van der Waals surface area contributed by atoms with E-state index in [9.17, 15) is 9.90 Å². The van der Waals surface area contributed by atoms with Crippen molar-refractivity contribution in [2.75, 3.05) is 5.73 Å². The molecule has 5 N–H and O–H groups in total. The summed E-state index contributed by atoms with van der Waals surface area (Å²) in [5, 5.41) is 9.34. The molecule has 0 amide bonds. The average Bonchev–Trinajstić information content (AvgIpc) is 2.19. The fraction of sp³-hybridized carbons (Fsp3) is 0.222. The molecular weight excluding hydrogens is 239 g/mol. The second-order valence-electron chi connectivity index (χ2n) is 3.14. The number of nitrogen functional groups attached to an aromatic ring is 1. The Morgan fingerprint density at radius 3 is 2.47 bits per heavy atom. The highest BCUT2D eigenvalue weighted by Crippen LogP contribution is 2.37. The van der Waals surface area contributed by atoms with Crippen LogP contribution in [0, 0.1) is 0 Å². The van der Waals surface area contributed by atoms with Gasteiger partial charge >= 0.3 is 0 Å². The summed E-state index contributed by atoms with van der Waals surface area (Å²) in [5.41, 5.74) is 10.8. The van der Waals surface area contributed by atoms with E-state index in [4.69, 9.17) is 34.7 Å². The van der Waals surface area contributed by atoms with E-state index in [1.54, 1.807) is 0 Å². The van der Waals surface area contributed by atoms with Crippen LogP contribution in [-0.4, -0.2) is 16.9 Å². The largest absolute Gasteiger partial charge is 0.506 e. The molecule has 82 valence electrons. The first-order valence-corrected chi connectivity index (χ1v) is 4.88. The number of phenols is 1. The molecule has 0 aliphatic rings. The van der Waals surface area contributed by atoms with Gasteiger partial charge in [0.25, 0.3) is 0 Å². The maximum Gasteiger partial charge on any atom is 0.180 e. The Labute approximate surface area is 96.8 Å². The van der Waals surface area contributed by atoms with Crippen LogP contribution in [0.2, 0.25) is 10.0 Å². The number of carbonyl (C=O) groups is 1. The highest BCUT2D eigenvalue weighted by atomic mass is 35.5. The molecule has 0 bridgehead atoms. The van der Waals surface area contributed by atoms with Gasteiger partial charge in [0.1, 0.15) is 5.75 Å². The molecule has 0 aliphatic carbocycles. The number of hydrogen-bond donors (Lipinski definition) is 3. The van der Waals surface area contributed by atoms with Gasteiger partial charge in [0.15, 0.2) is 5.78 Å². The maximum atomic E-state index is 11.6. The molecule has 0 spiro atoms. The van der Waals surface area contributed by atoms with Crippen molar-refractivity contribution < 1.29 is 9.90 Å². The van der Waals surface area contributed by atoms with Crippen molar-refractivity contribution in [3.05, 3.63) is 21.7 Å². The van der Waals surface area contributed by atoms with Crippen LogP contribution in [0.15, 0.2) is 6.07 Å². The fourth-order valence-corrected chi connectivity index (χ4v) is 1.50. The van der Waals surface area contributed by atoms with Crippen molar-refractivity contribution in [2.24, 2.45) is 5.73 Å². The highest BCUT2D eigenvalue weighted by molar-refractivity contribution is 6.45. The Bertz CT molecular complexity index is 419. The summed E-state index contributed by atoms with van der Waals surface area (Å²) in [6.45, 7) is 1.51. The molecule has 0 radical (unpaired) electrons. The van der Waals surface area contributed by atoms with Crippen molar-refractivity contribution in [1.82, 2.24) is 0 Å². The first kappa shape index (κ1) is 12.1. The zero-order valence-corrected chi connectivity index (χ0v) is 9.43. The third-order valence-electron chi connectivity index (χ3n) is 1.90.